The van der Waals surface area contributed by atoms with Gasteiger partial charge in [0.15, 0.2) is 5.17 Å². The fourth-order valence-corrected chi connectivity index (χ4v) is 2.82. The summed E-state index contributed by atoms with van der Waals surface area (Å²) in [5, 5.41) is 7.62. The van der Waals surface area contributed by atoms with E-state index in [1.165, 1.54) is 5.75 Å². The van der Waals surface area contributed by atoms with Crippen LogP contribution in [-0.2, 0) is 6.54 Å². The average Bonchev–Trinajstić information content (AvgIpc) is 2.64. The second-order valence-corrected chi connectivity index (χ2v) is 5.84. The van der Waals surface area contributed by atoms with E-state index in [-0.39, 0.29) is 0 Å². The van der Waals surface area contributed by atoms with Crippen molar-refractivity contribution in [3.63, 3.8) is 0 Å². The van der Waals surface area contributed by atoms with Gasteiger partial charge in [-0.05, 0) is 12.8 Å². The molecule has 1 unspecified atom stereocenters. The summed E-state index contributed by atoms with van der Waals surface area (Å²) in [6.45, 7) is 6.01. The third kappa shape index (κ3) is 3.21. The standard InChI is InChI=1S/C10H15N3S2/c1-7-3-11-10(15-5-7)12-4-9-6-14-8(2)13-9/h6-7H,3-5H2,1-2H3,(H,11,12). The van der Waals surface area contributed by atoms with Gasteiger partial charge in [-0.2, -0.15) is 0 Å². The lowest BCUT2D eigenvalue weighted by Crippen LogP contribution is -2.25. The van der Waals surface area contributed by atoms with Crippen molar-refractivity contribution in [3.8, 4) is 0 Å². The lowest BCUT2D eigenvalue weighted by molar-refractivity contribution is 0.668. The van der Waals surface area contributed by atoms with Crippen LogP contribution in [0, 0.1) is 12.8 Å². The first-order chi connectivity index (χ1) is 7.24. The summed E-state index contributed by atoms with van der Waals surface area (Å²) in [5.74, 6) is 1.88. The summed E-state index contributed by atoms with van der Waals surface area (Å²) in [6, 6.07) is 0. The van der Waals surface area contributed by atoms with E-state index in [2.05, 4.69) is 27.6 Å². The van der Waals surface area contributed by atoms with E-state index < -0.39 is 0 Å². The Morgan fingerprint density at radius 3 is 3.07 bits per heavy atom. The van der Waals surface area contributed by atoms with Crippen LogP contribution in [-0.4, -0.2) is 22.4 Å². The van der Waals surface area contributed by atoms with Gasteiger partial charge < -0.3 is 5.32 Å². The zero-order valence-corrected chi connectivity index (χ0v) is 10.6. The fourth-order valence-electron chi connectivity index (χ4n) is 1.32. The van der Waals surface area contributed by atoms with E-state index in [4.69, 9.17) is 0 Å². The molecule has 1 atom stereocenters. The van der Waals surface area contributed by atoms with Crippen LogP contribution in [0.2, 0.25) is 0 Å². The molecule has 2 heterocycles. The van der Waals surface area contributed by atoms with E-state index in [9.17, 15) is 0 Å². The first-order valence-corrected chi connectivity index (χ1v) is 6.92. The molecule has 0 fully saturated rings. The zero-order valence-electron chi connectivity index (χ0n) is 8.99. The largest absolute Gasteiger partial charge is 0.359 e. The third-order valence-corrected chi connectivity index (χ3v) is 4.24. The normalized spacial score (nSPS) is 21.2. The molecule has 1 aliphatic heterocycles. The molecule has 0 saturated carbocycles. The van der Waals surface area contributed by atoms with E-state index in [1.807, 2.05) is 18.7 Å². The van der Waals surface area contributed by atoms with Gasteiger partial charge in [-0.1, -0.05) is 18.7 Å². The van der Waals surface area contributed by atoms with E-state index in [0.29, 0.717) is 5.92 Å². The molecule has 1 aromatic rings. The number of amidine groups is 1. The van der Waals surface area contributed by atoms with Gasteiger partial charge in [0.1, 0.15) is 0 Å². The summed E-state index contributed by atoms with van der Waals surface area (Å²) < 4.78 is 0. The van der Waals surface area contributed by atoms with Crippen LogP contribution in [0.5, 0.6) is 0 Å². The highest BCUT2D eigenvalue weighted by atomic mass is 32.2. The Morgan fingerprint density at radius 2 is 2.47 bits per heavy atom. The highest BCUT2D eigenvalue weighted by molar-refractivity contribution is 8.13. The SMILES string of the molecule is Cc1nc(CNC2=NCC(C)CS2)cs1. The van der Waals surface area contributed by atoms with Gasteiger partial charge in [0.05, 0.1) is 17.2 Å². The summed E-state index contributed by atoms with van der Waals surface area (Å²) in [5.41, 5.74) is 1.11. The van der Waals surface area contributed by atoms with Crippen molar-refractivity contribution in [2.45, 2.75) is 20.4 Å². The quantitative estimate of drug-likeness (QED) is 0.863. The molecule has 15 heavy (non-hydrogen) atoms. The zero-order chi connectivity index (χ0) is 10.7. The summed E-state index contributed by atoms with van der Waals surface area (Å²) >= 11 is 3.51. The predicted molar refractivity (Wildman–Crippen MR) is 67.6 cm³/mol. The average molecular weight is 241 g/mol. The molecule has 2 rings (SSSR count). The maximum atomic E-state index is 4.48. The second kappa shape index (κ2) is 4.99. The molecule has 0 radical (unpaired) electrons. The Morgan fingerprint density at radius 1 is 1.60 bits per heavy atom. The molecular weight excluding hydrogens is 226 g/mol. The number of rotatable bonds is 2. The maximum absolute atomic E-state index is 4.48. The first-order valence-electron chi connectivity index (χ1n) is 5.06. The molecule has 1 aliphatic rings. The van der Waals surface area contributed by atoms with Crippen molar-refractivity contribution in [1.29, 1.82) is 0 Å². The van der Waals surface area contributed by atoms with Crippen LogP contribution >= 0.6 is 23.1 Å². The molecule has 82 valence electrons. The van der Waals surface area contributed by atoms with Gasteiger partial charge in [-0.3, -0.25) is 4.99 Å². The van der Waals surface area contributed by atoms with Crippen LogP contribution < -0.4 is 5.32 Å². The molecular formula is C10H15N3S2. The summed E-state index contributed by atoms with van der Waals surface area (Å²) in [4.78, 5) is 8.88. The number of aliphatic imine (C=N–C) groups is 1. The van der Waals surface area contributed by atoms with Crippen molar-refractivity contribution in [1.82, 2.24) is 10.3 Å². The minimum absolute atomic E-state index is 0.710. The number of nitrogens with one attached hydrogen (secondary N) is 1. The smallest absolute Gasteiger partial charge is 0.156 e. The van der Waals surface area contributed by atoms with Gasteiger partial charge in [0.2, 0.25) is 0 Å². The number of thioether (sulfide) groups is 1. The number of aromatic nitrogens is 1. The third-order valence-electron chi connectivity index (χ3n) is 2.14. The van der Waals surface area contributed by atoms with E-state index in [1.54, 1.807) is 11.3 Å². The highest BCUT2D eigenvalue weighted by Gasteiger charge is 2.11. The Balaban J connectivity index is 1.83. The minimum atomic E-state index is 0.710. The molecule has 1 N–H and O–H groups in total. The van der Waals surface area contributed by atoms with Crippen LogP contribution in [0.4, 0.5) is 0 Å². The van der Waals surface area contributed by atoms with E-state index >= 15 is 0 Å². The van der Waals surface area contributed by atoms with Gasteiger partial charge in [0.25, 0.3) is 0 Å². The predicted octanol–water partition coefficient (Wildman–Crippen LogP) is 2.28. The number of thiazole rings is 1. The van der Waals surface area contributed by atoms with Gasteiger partial charge in [0, 0.05) is 17.7 Å². The van der Waals surface area contributed by atoms with Crippen LogP contribution in [0.15, 0.2) is 10.4 Å². The molecule has 0 bridgehead atoms. The monoisotopic (exact) mass is 241 g/mol. The number of hydrogen-bond acceptors (Lipinski definition) is 5. The topological polar surface area (TPSA) is 37.3 Å². The molecule has 0 saturated heterocycles. The lowest BCUT2D eigenvalue weighted by Gasteiger charge is -2.17. The van der Waals surface area contributed by atoms with Crippen molar-refractivity contribution in [3.05, 3.63) is 16.1 Å². The molecule has 0 aliphatic carbocycles. The van der Waals surface area contributed by atoms with Gasteiger partial charge in [-0.15, -0.1) is 11.3 Å². The van der Waals surface area contributed by atoms with Gasteiger partial charge >= 0.3 is 0 Å². The van der Waals surface area contributed by atoms with Crippen LogP contribution in [0.3, 0.4) is 0 Å². The highest BCUT2D eigenvalue weighted by Crippen LogP contribution is 2.16. The summed E-state index contributed by atoms with van der Waals surface area (Å²) in [6.07, 6.45) is 0. The molecule has 0 amide bonds. The lowest BCUT2D eigenvalue weighted by atomic mass is 10.2. The Kier molecular flexibility index (Phi) is 3.64. The van der Waals surface area contributed by atoms with Crippen LogP contribution in [0.1, 0.15) is 17.6 Å². The van der Waals surface area contributed by atoms with Crippen LogP contribution in [0.25, 0.3) is 0 Å². The van der Waals surface area contributed by atoms with E-state index in [0.717, 1.165) is 29.0 Å². The van der Waals surface area contributed by atoms with Crippen molar-refractivity contribution in [2.75, 3.05) is 12.3 Å². The molecule has 0 aromatic carbocycles. The molecule has 5 heteroatoms. The Labute approximate surface area is 98.4 Å². The first kappa shape index (κ1) is 11.0. The second-order valence-electron chi connectivity index (χ2n) is 3.77. The van der Waals surface area contributed by atoms with Gasteiger partial charge in [-0.25, -0.2) is 4.98 Å². The summed E-state index contributed by atoms with van der Waals surface area (Å²) in [7, 11) is 0. The minimum Gasteiger partial charge on any atom is -0.359 e. The molecule has 0 spiro atoms. The number of hydrogen-bond donors (Lipinski definition) is 1. The maximum Gasteiger partial charge on any atom is 0.156 e. The molecule has 3 nitrogen and oxygen atoms in total. The van der Waals surface area contributed by atoms with Crippen molar-refractivity contribution >= 4 is 28.3 Å². The molecule has 1 aromatic heterocycles. The Hall–Kier alpha value is -0.550. The van der Waals surface area contributed by atoms with Crippen molar-refractivity contribution < 1.29 is 0 Å². The Bertz CT molecular complexity index is 359. The number of aryl methyl sites for hydroxylation is 1. The number of nitrogens with zero attached hydrogens (tertiary/aromatic N) is 2. The van der Waals surface area contributed by atoms with Crippen molar-refractivity contribution in [2.24, 2.45) is 10.9 Å². The fraction of sp³-hybridized carbons (Fsp3) is 0.600.